The van der Waals surface area contributed by atoms with Crippen molar-refractivity contribution in [2.75, 3.05) is 10.6 Å². The number of benzene rings is 1. The van der Waals surface area contributed by atoms with E-state index in [1.165, 1.54) is 18.3 Å². The normalized spacial score (nSPS) is 10.2. The number of aryl methyl sites for hydroxylation is 2. The number of carbonyl (C=O) groups excluding carboxylic acids is 2. The van der Waals surface area contributed by atoms with Gasteiger partial charge in [-0.05, 0) is 32.0 Å². The molecular formula is C14H15N3O2S. The third kappa shape index (κ3) is 3.42. The Kier molecular flexibility index (Phi) is 4.14. The van der Waals surface area contributed by atoms with E-state index >= 15 is 0 Å². The molecule has 0 unspecified atom stereocenters. The average Bonchev–Trinajstić information content (AvgIpc) is 2.67. The lowest BCUT2D eigenvalue weighted by Gasteiger charge is -2.05. The summed E-state index contributed by atoms with van der Waals surface area (Å²) in [5.41, 5.74) is 1.98. The first-order chi connectivity index (χ1) is 9.45. The van der Waals surface area contributed by atoms with Crippen LogP contribution in [0.5, 0.6) is 0 Å². The summed E-state index contributed by atoms with van der Waals surface area (Å²) in [5, 5.41) is 5.98. The molecule has 0 spiro atoms. The number of amides is 2. The van der Waals surface area contributed by atoms with Gasteiger partial charge in [0.25, 0.3) is 5.91 Å². The number of thiazole rings is 1. The van der Waals surface area contributed by atoms with E-state index in [9.17, 15) is 9.59 Å². The van der Waals surface area contributed by atoms with E-state index in [1.807, 2.05) is 13.8 Å². The lowest BCUT2D eigenvalue weighted by Crippen LogP contribution is -2.13. The van der Waals surface area contributed by atoms with Gasteiger partial charge in [-0.1, -0.05) is 6.07 Å². The van der Waals surface area contributed by atoms with Crippen LogP contribution in [0.1, 0.15) is 27.9 Å². The minimum atomic E-state index is -0.244. The van der Waals surface area contributed by atoms with Crippen molar-refractivity contribution < 1.29 is 9.59 Å². The smallest absolute Gasteiger partial charge is 0.257 e. The Labute approximate surface area is 121 Å². The molecular weight excluding hydrogens is 274 g/mol. The van der Waals surface area contributed by atoms with Crippen LogP contribution in [-0.2, 0) is 4.79 Å². The lowest BCUT2D eigenvalue weighted by atomic mass is 10.2. The lowest BCUT2D eigenvalue weighted by molar-refractivity contribution is -0.114. The molecule has 5 nitrogen and oxygen atoms in total. The van der Waals surface area contributed by atoms with Crippen LogP contribution in [0.25, 0.3) is 0 Å². The van der Waals surface area contributed by atoms with Crippen LogP contribution in [0.2, 0.25) is 0 Å². The summed E-state index contributed by atoms with van der Waals surface area (Å²) in [7, 11) is 0. The molecule has 0 saturated carbocycles. The first-order valence-electron chi connectivity index (χ1n) is 6.09. The van der Waals surface area contributed by atoms with Crippen LogP contribution >= 0.6 is 11.3 Å². The Bertz CT molecular complexity index is 645. The van der Waals surface area contributed by atoms with E-state index in [2.05, 4.69) is 15.6 Å². The average molecular weight is 289 g/mol. The highest BCUT2D eigenvalue weighted by molar-refractivity contribution is 7.15. The van der Waals surface area contributed by atoms with E-state index in [-0.39, 0.29) is 11.8 Å². The number of aromatic nitrogens is 1. The summed E-state index contributed by atoms with van der Waals surface area (Å²) in [5.74, 6) is -0.417. The molecule has 20 heavy (non-hydrogen) atoms. The van der Waals surface area contributed by atoms with Crippen molar-refractivity contribution in [2.24, 2.45) is 0 Å². The van der Waals surface area contributed by atoms with Crippen molar-refractivity contribution in [3.63, 3.8) is 0 Å². The van der Waals surface area contributed by atoms with E-state index in [1.54, 1.807) is 24.3 Å². The van der Waals surface area contributed by atoms with Gasteiger partial charge >= 0.3 is 0 Å². The second kappa shape index (κ2) is 5.83. The molecule has 6 heteroatoms. The molecule has 0 bridgehead atoms. The fourth-order valence-electron chi connectivity index (χ4n) is 1.64. The zero-order valence-electron chi connectivity index (χ0n) is 11.5. The van der Waals surface area contributed by atoms with Gasteiger partial charge in [-0.3, -0.25) is 14.9 Å². The van der Waals surface area contributed by atoms with Crippen LogP contribution in [0.3, 0.4) is 0 Å². The summed E-state index contributed by atoms with van der Waals surface area (Å²) in [6.07, 6.45) is 0. The summed E-state index contributed by atoms with van der Waals surface area (Å²) in [6.45, 7) is 5.28. The maximum Gasteiger partial charge on any atom is 0.257 e. The highest BCUT2D eigenvalue weighted by atomic mass is 32.1. The zero-order chi connectivity index (χ0) is 14.7. The first kappa shape index (κ1) is 14.2. The van der Waals surface area contributed by atoms with Crippen molar-refractivity contribution >= 4 is 34.0 Å². The Morgan fingerprint density at radius 2 is 1.95 bits per heavy atom. The maximum absolute atomic E-state index is 12.1. The molecule has 1 aromatic heterocycles. The molecule has 2 aromatic rings. The number of hydrogen-bond acceptors (Lipinski definition) is 4. The Balaban J connectivity index is 2.14. The van der Waals surface area contributed by atoms with Gasteiger partial charge in [0.15, 0.2) is 5.13 Å². The van der Waals surface area contributed by atoms with Gasteiger partial charge in [0.1, 0.15) is 0 Å². The molecule has 0 aliphatic rings. The monoisotopic (exact) mass is 289 g/mol. The van der Waals surface area contributed by atoms with Crippen molar-refractivity contribution in [2.45, 2.75) is 20.8 Å². The van der Waals surface area contributed by atoms with Crippen molar-refractivity contribution in [1.82, 2.24) is 4.98 Å². The minimum Gasteiger partial charge on any atom is -0.326 e. The van der Waals surface area contributed by atoms with Gasteiger partial charge in [0, 0.05) is 23.1 Å². The summed E-state index contributed by atoms with van der Waals surface area (Å²) >= 11 is 1.44. The van der Waals surface area contributed by atoms with Gasteiger partial charge in [0.2, 0.25) is 5.91 Å². The molecule has 0 atom stereocenters. The topological polar surface area (TPSA) is 71.1 Å². The predicted octanol–water partition coefficient (Wildman–Crippen LogP) is 2.97. The molecule has 2 rings (SSSR count). The van der Waals surface area contributed by atoms with Gasteiger partial charge in [-0.15, -0.1) is 11.3 Å². The van der Waals surface area contributed by atoms with Crippen LogP contribution in [0.15, 0.2) is 24.3 Å². The fourth-order valence-corrected chi connectivity index (χ4v) is 2.45. The number of nitrogens with one attached hydrogen (secondary N) is 2. The molecule has 2 N–H and O–H groups in total. The van der Waals surface area contributed by atoms with Crippen LogP contribution in [0.4, 0.5) is 10.8 Å². The molecule has 0 aliphatic carbocycles. The molecule has 2 amide bonds. The quantitative estimate of drug-likeness (QED) is 0.912. The number of nitrogens with zero attached hydrogens (tertiary/aromatic N) is 1. The standard InChI is InChI=1S/C14H15N3O2S/c1-8-9(2)20-14(15-8)17-13(19)11-5-4-6-12(7-11)16-10(3)18/h4-7H,1-3H3,(H,16,18)(H,15,17,19). The second-order valence-corrected chi connectivity index (χ2v) is 5.58. The zero-order valence-corrected chi connectivity index (χ0v) is 12.3. The molecule has 104 valence electrons. The molecule has 0 radical (unpaired) electrons. The molecule has 0 aliphatic heterocycles. The van der Waals surface area contributed by atoms with E-state index in [4.69, 9.17) is 0 Å². The fraction of sp³-hybridized carbons (Fsp3) is 0.214. The third-order valence-electron chi connectivity index (χ3n) is 2.69. The Morgan fingerprint density at radius 3 is 2.55 bits per heavy atom. The van der Waals surface area contributed by atoms with Crippen molar-refractivity contribution in [3.05, 3.63) is 40.4 Å². The van der Waals surface area contributed by atoms with Crippen molar-refractivity contribution in [1.29, 1.82) is 0 Å². The van der Waals surface area contributed by atoms with Gasteiger partial charge in [0.05, 0.1) is 5.69 Å². The number of rotatable bonds is 3. The van der Waals surface area contributed by atoms with Crippen molar-refractivity contribution in [3.8, 4) is 0 Å². The van der Waals surface area contributed by atoms with Crippen LogP contribution in [-0.4, -0.2) is 16.8 Å². The van der Waals surface area contributed by atoms with Gasteiger partial charge < -0.3 is 5.32 Å². The number of anilines is 2. The highest BCUT2D eigenvalue weighted by Gasteiger charge is 2.10. The van der Waals surface area contributed by atoms with E-state index in [0.717, 1.165) is 10.6 Å². The minimum absolute atomic E-state index is 0.172. The van der Waals surface area contributed by atoms with Crippen LogP contribution < -0.4 is 10.6 Å². The molecule has 1 aromatic carbocycles. The summed E-state index contributed by atoms with van der Waals surface area (Å²) in [4.78, 5) is 28.5. The predicted molar refractivity (Wildman–Crippen MR) is 80.3 cm³/mol. The number of hydrogen-bond donors (Lipinski definition) is 2. The Hall–Kier alpha value is -2.21. The molecule has 0 fully saturated rings. The van der Waals surface area contributed by atoms with Crippen LogP contribution in [0, 0.1) is 13.8 Å². The van der Waals surface area contributed by atoms with E-state index in [0.29, 0.717) is 16.4 Å². The number of carbonyl (C=O) groups is 2. The summed E-state index contributed by atoms with van der Waals surface area (Å²) < 4.78 is 0. The SMILES string of the molecule is CC(=O)Nc1cccc(C(=O)Nc2nc(C)c(C)s2)c1. The first-order valence-corrected chi connectivity index (χ1v) is 6.90. The van der Waals surface area contributed by atoms with E-state index < -0.39 is 0 Å². The second-order valence-electron chi connectivity index (χ2n) is 4.38. The van der Waals surface area contributed by atoms with Gasteiger partial charge in [-0.2, -0.15) is 0 Å². The Morgan fingerprint density at radius 1 is 1.20 bits per heavy atom. The third-order valence-corrected chi connectivity index (χ3v) is 3.68. The largest absolute Gasteiger partial charge is 0.326 e. The molecule has 1 heterocycles. The summed E-state index contributed by atoms with van der Waals surface area (Å²) in [6, 6.07) is 6.77. The van der Waals surface area contributed by atoms with Gasteiger partial charge in [-0.25, -0.2) is 4.98 Å². The maximum atomic E-state index is 12.1. The molecule has 0 saturated heterocycles. The highest BCUT2D eigenvalue weighted by Crippen LogP contribution is 2.22.